The molecule has 0 aromatic carbocycles. The molecule has 0 atom stereocenters. The van der Waals surface area contributed by atoms with Crippen molar-refractivity contribution in [3.8, 4) is 11.3 Å². The summed E-state index contributed by atoms with van der Waals surface area (Å²) in [5, 5.41) is 0. The van der Waals surface area contributed by atoms with Gasteiger partial charge in [0.1, 0.15) is 0 Å². The smallest absolute Gasteiger partial charge is 0.0710 e. The highest BCUT2D eigenvalue weighted by atomic mass is 14.7. The number of aromatic nitrogens is 1. The first-order chi connectivity index (χ1) is 2.97. The van der Waals surface area contributed by atoms with E-state index in [2.05, 4.69) is 11.1 Å². The van der Waals surface area contributed by atoms with E-state index in [0.29, 0.717) is 0 Å². The van der Waals surface area contributed by atoms with E-state index in [1.54, 1.807) is 0 Å². The van der Waals surface area contributed by atoms with Gasteiger partial charge in [-0.05, 0) is 12.1 Å². The number of rotatable bonds is 0. The van der Waals surface area contributed by atoms with Gasteiger partial charge in [-0.25, -0.2) is 0 Å². The van der Waals surface area contributed by atoms with Crippen LogP contribution in [0.3, 0.4) is 0 Å². The zero-order chi connectivity index (χ0) is 3.98. The molecule has 0 radical (unpaired) electrons. The molecule has 0 unspecified atom stereocenters. The minimum absolute atomic E-state index is 1.18. The van der Waals surface area contributed by atoms with Crippen LogP contribution >= 0.6 is 0 Å². The lowest BCUT2D eigenvalue weighted by Gasteiger charge is -1.50. The van der Waals surface area contributed by atoms with E-state index < -0.39 is 0 Å². The van der Waals surface area contributed by atoms with Crippen LogP contribution in [0.1, 0.15) is 0 Å². The fourth-order valence-corrected chi connectivity index (χ4v) is 0.554. The molecule has 0 N–H and O–H groups in total. The van der Waals surface area contributed by atoms with Crippen LogP contribution in [-0.4, -0.2) is 4.98 Å². The maximum absolute atomic E-state index is 3.95. The van der Waals surface area contributed by atoms with Crippen molar-refractivity contribution in [1.82, 2.24) is 4.98 Å². The molecule has 0 fully saturated rings. The summed E-state index contributed by atoms with van der Waals surface area (Å²) in [4.78, 5) is 3.95. The number of hydrogen-bond acceptors (Lipinski definition) is 1. The molecule has 0 bridgehead atoms. The standard InChI is InChI=1S/C5H3N/c1-2-6-5-3-4(1)5/h1-3H. The minimum Gasteiger partial charge on any atom is -0.256 e. The van der Waals surface area contributed by atoms with Crippen molar-refractivity contribution < 1.29 is 0 Å². The third-order valence-corrected chi connectivity index (χ3v) is 0.972. The Hall–Kier alpha value is -0.850. The summed E-state index contributed by atoms with van der Waals surface area (Å²) in [6.45, 7) is 0. The van der Waals surface area contributed by atoms with Gasteiger partial charge in [-0.1, -0.05) is 0 Å². The van der Waals surface area contributed by atoms with Gasteiger partial charge in [-0.2, -0.15) is 0 Å². The zero-order valence-electron chi connectivity index (χ0n) is 3.18. The number of fused-ring (bicyclic) bond motifs is 1. The molecule has 1 nitrogen and oxygen atoms in total. The first-order valence-electron chi connectivity index (χ1n) is 1.93. The quantitative estimate of drug-likeness (QED) is 0.458. The summed E-state index contributed by atoms with van der Waals surface area (Å²) in [5.41, 5.74) is 2.49. The van der Waals surface area contributed by atoms with Crippen LogP contribution in [0.25, 0.3) is 11.3 Å². The van der Waals surface area contributed by atoms with Crippen LogP contribution < -0.4 is 0 Å². The van der Waals surface area contributed by atoms with E-state index in [4.69, 9.17) is 0 Å². The van der Waals surface area contributed by atoms with Crippen LogP contribution in [0.4, 0.5) is 0 Å². The Morgan fingerprint density at radius 3 is 2.67 bits per heavy atom. The number of pyridine rings is 1. The van der Waals surface area contributed by atoms with Gasteiger partial charge in [-0.15, -0.1) is 0 Å². The largest absolute Gasteiger partial charge is 0.256 e. The molecule has 2 aliphatic rings. The monoisotopic (exact) mass is 77.0 g/mol. The second-order valence-electron chi connectivity index (χ2n) is 1.43. The van der Waals surface area contributed by atoms with Crippen molar-refractivity contribution in [3.05, 3.63) is 18.3 Å². The van der Waals surface area contributed by atoms with Crippen molar-refractivity contribution in [2.45, 2.75) is 0 Å². The maximum atomic E-state index is 3.95. The van der Waals surface area contributed by atoms with Crippen LogP contribution in [0.5, 0.6) is 0 Å². The third kappa shape index (κ3) is 0.117. The molecular weight excluding hydrogens is 74.1 g/mol. The molecular formula is C5H3N. The van der Waals surface area contributed by atoms with Gasteiger partial charge in [0.05, 0.1) is 5.69 Å². The van der Waals surface area contributed by atoms with E-state index in [9.17, 15) is 0 Å². The van der Waals surface area contributed by atoms with Crippen molar-refractivity contribution in [2.24, 2.45) is 0 Å². The maximum Gasteiger partial charge on any atom is 0.0710 e. The van der Waals surface area contributed by atoms with Crippen molar-refractivity contribution in [1.29, 1.82) is 0 Å². The normalized spacial score (nSPS) is 11.3. The summed E-state index contributed by atoms with van der Waals surface area (Å²) in [6.07, 6.45) is 1.82. The van der Waals surface area contributed by atoms with E-state index in [1.165, 1.54) is 11.3 Å². The van der Waals surface area contributed by atoms with Gasteiger partial charge in [0.25, 0.3) is 0 Å². The highest BCUT2D eigenvalue weighted by Crippen LogP contribution is 2.29. The van der Waals surface area contributed by atoms with E-state index >= 15 is 0 Å². The van der Waals surface area contributed by atoms with E-state index in [1.807, 2.05) is 12.3 Å². The fourth-order valence-electron chi connectivity index (χ4n) is 0.554. The molecule has 1 aliphatic carbocycles. The van der Waals surface area contributed by atoms with Gasteiger partial charge in [0, 0.05) is 11.8 Å². The second-order valence-corrected chi connectivity index (χ2v) is 1.43. The molecule has 0 aromatic rings. The van der Waals surface area contributed by atoms with Crippen molar-refractivity contribution in [2.75, 3.05) is 0 Å². The molecule has 0 saturated carbocycles. The summed E-state index contributed by atoms with van der Waals surface area (Å²) in [7, 11) is 0. The predicted molar refractivity (Wildman–Crippen MR) is 23.2 cm³/mol. The Morgan fingerprint density at radius 1 is 1.50 bits per heavy atom. The Kier molecular flexibility index (Phi) is 0.192. The molecule has 0 spiro atoms. The number of hydrogen-bond donors (Lipinski definition) is 0. The first kappa shape index (κ1) is 2.35. The molecule has 1 heteroatoms. The van der Waals surface area contributed by atoms with Gasteiger partial charge in [0.15, 0.2) is 0 Å². The Balaban J connectivity index is 2.91. The Morgan fingerprint density at radius 2 is 2.50 bits per heavy atom. The second kappa shape index (κ2) is 0.492. The SMILES string of the molecule is c1cc2cc-2n1. The lowest BCUT2D eigenvalue weighted by atomic mass is 10.6. The molecule has 0 amide bonds. The predicted octanol–water partition coefficient (Wildman–Crippen LogP) is 1.06. The van der Waals surface area contributed by atoms with Crippen LogP contribution in [-0.2, 0) is 0 Å². The van der Waals surface area contributed by atoms with Crippen LogP contribution in [0.2, 0.25) is 0 Å². The molecule has 0 aromatic heterocycles. The Labute approximate surface area is 35.6 Å². The van der Waals surface area contributed by atoms with Gasteiger partial charge in [0.2, 0.25) is 0 Å². The fraction of sp³-hybridized carbons (Fsp3) is 0. The number of nitrogens with zero attached hydrogens (tertiary/aromatic N) is 1. The topological polar surface area (TPSA) is 12.9 Å². The van der Waals surface area contributed by atoms with Gasteiger partial charge >= 0.3 is 0 Å². The lowest BCUT2D eigenvalue weighted by molar-refractivity contribution is 1.45. The molecule has 0 saturated heterocycles. The van der Waals surface area contributed by atoms with Crippen LogP contribution in [0.15, 0.2) is 18.3 Å². The third-order valence-electron chi connectivity index (χ3n) is 0.972. The molecule has 1 heterocycles. The molecule has 28 valence electrons. The highest BCUT2D eigenvalue weighted by Gasteiger charge is 2.09. The average molecular weight is 77.1 g/mol. The van der Waals surface area contributed by atoms with Gasteiger partial charge < -0.3 is 0 Å². The molecule has 2 rings (SSSR count). The first-order valence-corrected chi connectivity index (χ1v) is 1.93. The Bertz CT molecular complexity index is 164. The van der Waals surface area contributed by atoms with Crippen molar-refractivity contribution in [3.63, 3.8) is 0 Å². The van der Waals surface area contributed by atoms with Gasteiger partial charge in [-0.3, -0.25) is 4.98 Å². The highest BCUT2D eigenvalue weighted by molar-refractivity contribution is 5.75. The van der Waals surface area contributed by atoms with E-state index in [-0.39, 0.29) is 0 Å². The zero-order valence-corrected chi connectivity index (χ0v) is 3.18. The van der Waals surface area contributed by atoms with E-state index in [0.717, 1.165) is 0 Å². The minimum atomic E-state index is 1.18. The molecule has 1 aliphatic heterocycles. The summed E-state index contributed by atoms with van der Waals surface area (Å²) >= 11 is 0. The average Bonchev–Trinajstić information content (AvgIpc) is 2.17. The summed E-state index contributed by atoms with van der Waals surface area (Å²) < 4.78 is 0. The molecule has 6 heavy (non-hydrogen) atoms. The summed E-state index contributed by atoms with van der Waals surface area (Å²) in [6, 6.07) is 4.06. The summed E-state index contributed by atoms with van der Waals surface area (Å²) in [5.74, 6) is 0. The van der Waals surface area contributed by atoms with Crippen molar-refractivity contribution >= 4 is 0 Å². The van der Waals surface area contributed by atoms with Crippen LogP contribution in [0, 0.1) is 0 Å². The lowest BCUT2D eigenvalue weighted by Crippen LogP contribution is -1.43.